The van der Waals surface area contributed by atoms with Crippen molar-refractivity contribution in [1.29, 1.82) is 0 Å². The van der Waals surface area contributed by atoms with Crippen molar-refractivity contribution in [2.75, 3.05) is 6.61 Å². The molecule has 3 N–H and O–H groups in total. The zero-order chi connectivity index (χ0) is 9.97. The number of aryl methyl sites for hydroxylation is 1. The van der Waals surface area contributed by atoms with Gasteiger partial charge in [-0.2, -0.15) is 0 Å². The summed E-state index contributed by atoms with van der Waals surface area (Å²) >= 11 is 0. The molecule has 0 amide bonds. The van der Waals surface area contributed by atoms with E-state index in [-0.39, 0.29) is 6.04 Å². The van der Waals surface area contributed by atoms with Crippen LogP contribution in [-0.4, -0.2) is 16.2 Å². The first-order chi connectivity index (χ1) is 6.83. The van der Waals surface area contributed by atoms with Crippen molar-refractivity contribution in [3.8, 4) is 0 Å². The molecular weight excluding hydrogens is 180 g/mol. The summed E-state index contributed by atoms with van der Waals surface area (Å²) in [4.78, 5) is 4.23. The molecule has 1 aromatic heterocycles. The van der Waals surface area contributed by atoms with Gasteiger partial charge in [0, 0.05) is 25.9 Å². The van der Waals surface area contributed by atoms with Crippen LogP contribution in [-0.2, 0) is 11.8 Å². The van der Waals surface area contributed by atoms with Gasteiger partial charge in [0.15, 0.2) is 0 Å². The minimum Gasteiger partial charge on any atom is -0.496 e. The van der Waals surface area contributed by atoms with Crippen molar-refractivity contribution < 1.29 is 4.74 Å². The number of rotatable bonds is 3. The molecule has 76 valence electrons. The fourth-order valence-corrected chi connectivity index (χ4v) is 1.58. The molecule has 1 unspecified atom stereocenters. The lowest BCUT2D eigenvalue weighted by atomic mass is 10.2. The average Bonchev–Trinajstić information content (AvgIpc) is 2.80. The van der Waals surface area contributed by atoms with E-state index in [0.717, 1.165) is 24.6 Å². The summed E-state index contributed by atoms with van der Waals surface area (Å²) in [6, 6.07) is -0.141. The Morgan fingerprint density at radius 1 is 1.71 bits per heavy atom. The zero-order valence-electron chi connectivity index (χ0n) is 8.10. The van der Waals surface area contributed by atoms with Gasteiger partial charge in [-0.15, -0.1) is 0 Å². The van der Waals surface area contributed by atoms with Gasteiger partial charge in [-0.3, -0.25) is 5.84 Å². The molecule has 0 spiro atoms. The molecule has 14 heavy (non-hydrogen) atoms. The Morgan fingerprint density at radius 3 is 3.07 bits per heavy atom. The van der Waals surface area contributed by atoms with Crippen LogP contribution in [0.25, 0.3) is 0 Å². The van der Waals surface area contributed by atoms with Gasteiger partial charge >= 0.3 is 0 Å². The fourth-order valence-electron chi connectivity index (χ4n) is 1.58. The summed E-state index contributed by atoms with van der Waals surface area (Å²) in [7, 11) is 1.93. The molecule has 0 radical (unpaired) electrons. The number of nitrogens with one attached hydrogen (secondary N) is 1. The molecule has 5 heteroatoms. The molecule has 1 aliphatic heterocycles. The fraction of sp³-hybridized carbons (Fsp3) is 0.444. The van der Waals surface area contributed by atoms with Gasteiger partial charge in [-0.25, -0.2) is 10.4 Å². The van der Waals surface area contributed by atoms with Crippen LogP contribution in [0, 0.1) is 0 Å². The maximum absolute atomic E-state index is 5.49. The van der Waals surface area contributed by atoms with Gasteiger partial charge in [0.2, 0.25) is 0 Å². The predicted octanol–water partition coefficient (Wildman–Crippen LogP) is 0.229. The highest BCUT2D eigenvalue weighted by Gasteiger charge is 2.22. The molecular formula is C9H14N4O. The third kappa shape index (κ3) is 1.51. The van der Waals surface area contributed by atoms with Gasteiger partial charge in [0.1, 0.15) is 17.6 Å². The van der Waals surface area contributed by atoms with Gasteiger partial charge in [-0.1, -0.05) is 0 Å². The van der Waals surface area contributed by atoms with Crippen LogP contribution in [0.4, 0.5) is 0 Å². The van der Waals surface area contributed by atoms with E-state index in [1.807, 2.05) is 23.9 Å². The molecule has 2 heterocycles. The number of nitrogens with zero attached hydrogens (tertiary/aromatic N) is 2. The maximum Gasteiger partial charge on any atom is 0.136 e. The van der Waals surface area contributed by atoms with E-state index in [2.05, 4.69) is 10.4 Å². The Kier molecular flexibility index (Phi) is 2.51. The molecule has 1 aliphatic rings. The largest absolute Gasteiger partial charge is 0.496 e. The van der Waals surface area contributed by atoms with Crippen LogP contribution in [0.5, 0.6) is 0 Å². The molecule has 0 bridgehead atoms. The average molecular weight is 194 g/mol. The van der Waals surface area contributed by atoms with E-state index < -0.39 is 0 Å². The van der Waals surface area contributed by atoms with Crippen LogP contribution < -0.4 is 11.3 Å². The molecule has 0 fully saturated rings. The normalized spacial score (nSPS) is 17.7. The lowest BCUT2D eigenvalue weighted by molar-refractivity contribution is 0.212. The van der Waals surface area contributed by atoms with Crippen LogP contribution in [0.2, 0.25) is 0 Å². The molecule has 0 saturated heterocycles. The highest BCUT2D eigenvalue weighted by atomic mass is 16.5. The van der Waals surface area contributed by atoms with E-state index in [9.17, 15) is 0 Å². The van der Waals surface area contributed by atoms with Gasteiger partial charge < -0.3 is 9.30 Å². The number of nitrogens with two attached hydrogens (primary N) is 1. The van der Waals surface area contributed by atoms with Crippen molar-refractivity contribution in [2.45, 2.75) is 12.5 Å². The lowest BCUT2D eigenvalue weighted by Crippen LogP contribution is -2.31. The second-order valence-corrected chi connectivity index (χ2v) is 3.24. The molecule has 0 aromatic carbocycles. The Balaban J connectivity index is 2.25. The molecule has 2 rings (SSSR count). The minimum atomic E-state index is -0.141. The highest BCUT2D eigenvalue weighted by molar-refractivity contribution is 5.15. The van der Waals surface area contributed by atoms with E-state index >= 15 is 0 Å². The van der Waals surface area contributed by atoms with Crippen molar-refractivity contribution >= 4 is 0 Å². The quantitative estimate of drug-likeness (QED) is 0.534. The van der Waals surface area contributed by atoms with Crippen LogP contribution >= 0.6 is 0 Å². The second kappa shape index (κ2) is 3.81. The lowest BCUT2D eigenvalue weighted by Gasteiger charge is -2.16. The smallest absolute Gasteiger partial charge is 0.136 e. The Hall–Kier alpha value is -1.33. The number of hydrazine groups is 1. The summed E-state index contributed by atoms with van der Waals surface area (Å²) in [5.41, 5.74) is 2.71. The van der Waals surface area contributed by atoms with Crippen molar-refractivity contribution in [2.24, 2.45) is 12.9 Å². The van der Waals surface area contributed by atoms with Crippen molar-refractivity contribution in [3.63, 3.8) is 0 Å². The summed E-state index contributed by atoms with van der Waals surface area (Å²) in [6.45, 7) is 0.734. The van der Waals surface area contributed by atoms with E-state index in [1.54, 1.807) is 6.20 Å². The summed E-state index contributed by atoms with van der Waals surface area (Å²) in [5.74, 6) is 7.21. The number of imidazole rings is 1. The van der Waals surface area contributed by atoms with Crippen LogP contribution in [0.1, 0.15) is 18.3 Å². The Morgan fingerprint density at radius 2 is 2.57 bits per heavy atom. The summed E-state index contributed by atoms with van der Waals surface area (Å²) in [6.07, 6.45) is 6.61. The van der Waals surface area contributed by atoms with Crippen LogP contribution in [0.15, 0.2) is 24.2 Å². The third-order valence-electron chi connectivity index (χ3n) is 2.30. The van der Waals surface area contributed by atoms with Crippen molar-refractivity contribution in [1.82, 2.24) is 15.0 Å². The first-order valence-electron chi connectivity index (χ1n) is 4.59. The van der Waals surface area contributed by atoms with E-state index in [0.29, 0.717) is 0 Å². The highest BCUT2D eigenvalue weighted by Crippen LogP contribution is 2.23. The molecule has 0 aliphatic carbocycles. The SMILES string of the molecule is Cn1ccnc1C(NN)C1=CCCO1. The van der Waals surface area contributed by atoms with E-state index in [1.165, 1.54) is 0 Å². The van der Waals surface area contributed by atoms with Crippen molar-refractivity contribution in [3.05, 3.63) is 30.1 Å². The first-order valence-corrected chi connectivity index (χ1v) is 4.59. The van der Waals surface area contributed by atoms with E-state index in [4.69, 9.17) is 10.6 Å². The summed E-state index contributed by atoms with van der Waals surface area (Å²) < 4.78 is 7.37. The Bertz CT molecular complexity index is 344. The maximum atomic E-state index is 5.49. The standard InChI is InChI=1S/C9H14N4O/c1-13-5-4-11-9(13)8(12-10)7-3-2-6-14-7/h3-5,8,12H,2,6,10H2,1H3. The summed E-state index contributed by atoms with van der Waals surface area (Å²) in [5, 5.41) is 0. The second-order valence-electron chi connectivity index (χ2n) is 3.24. The molecule has 0 saturated carbocycles. The minimum absolute atomic E-state index is 0.141. The monoisotopic (exact) mass is 194 g/mol. The predicted molar refractivity (Wildman–Crippen MR) is 51.9 cm³/mol. The number of hydrogen-bond donors (Lipinski definition) is 2. The topological polar surface area (TPSA) is 65.1 Å². The molecule has 1 atom stereocenters. The number of aromatic nitrogens is 2. The van der Waals surface area contributed by atoms with Gasteiger partial charge in [0.05, 0.1) is 6.61 Å². The van der Waals surface area contributed by atoms with Crippen LogP contribution in [0.3, 0.4) is 0 Å². The molecule has 1 aromatic rings. The Labute approximate surface area is 82.5 Å². The number of ether oxygens (including phenoxy) is 1. The van der Waals surface area contributed by atoms with Gasteiger partial charge in [0.25, 0.3) is 0 Å². The zero-order valence-corrected chi connectivity index (χ0v) is 8.10. The first kappa shape index (κ1) is 9.23. The third-order valence-corrected chi connectivity index (χ3v) is 2.30. The molecule has 5 nitrogen and oxygen atoms in total. The van der Waals surface area contributed by atoms with Gasteiger partial charge in [-0.05, 0) is 6.08 Å². The number of hydrogen-bond acceptors (Lipinski definition) is 4.